The standard InChI is InChI=1S/C12H16N4O/c1-8-15-10-7-9(5-6-14-12(13)17)3-4-11(10)16(8)2/h3-4,7H,5-6H2,1-2H3,(H3,13,14,17). The molecule has 0 unspecified atom stereocenters. The van der Waals surface area contributed by atoms with Crippen LogP contribution in [0.3, 0.4) is 0 Å². The van der Waals surface area contributed by atoms with Gasteiger partial charge < -0.3 is 15.6 Å². The predicted molar refractivity (Wildman–Crippen MR) is 66.7 cm³/mol. The van der Waals surface area contributed by atoms with E-state index in [-0.39, 0.29) is 0 Å². The lowest BCUT2D eigenvalue weighted by Gasteiger charge is -2.02. The highest BCUT2D eigenvalue weighted by Gasteiger charge is 2.04. The number of fused-ring (bicyclic) bond motifs is 1. The molecule has 2 rings (SSSR count). The van der Waals surface area contributed by atoms with Crippen molar-refractivity contribution in [2.75, 3.05) is 6.54 Å². The van der Waals surface area contributed by atoms with E-state index in [0.717, 1.165) is 28.8 Å². The van der Waals surface area contributed by atoms with Crippen LogP contribution in [0.15, 0.2) is 18.2 Å². The second-order valence-corrected chi connectivity index (χ2v) is 4.08. The quantitative estimate of drug-likeness (QED) is 0.831. The molecule has 3 N–H and O–H groups in total. The van der Waals surface area contributed by atoms with Crippen LogP contribution in [0, 0.1) is 6.92 Å². The Labute approximate surface area is 99.6 Å². The van der Waals surface area contributed by atoms with Crippen LogP contribution in [-0.4, -0.2) is 22.1 Å². The van der Waals surface area contributed by atoms with E-state index in [4.69, 9.17) is 5.73 Å². The van der Waals surface area contributed by atoms with Gasteiger partial charge in [-0.2, -0.15) is 0 Å². The first-order valence-electron chi connectivity index (χ1n) is 5.53. The summed E-state index contributed by atoms with van der Waals surface area (Å²) >= 11 is 0. The third kappa shape index (κ3) is 2.38. The molecule has 2 aromatic rings. The van der Waals surface area contributed by atoms with E-state index in [1.165, 1.54) is 0 Å². The van der Waals surface area contributed by atoms with Crippen LogP contribution < -0.4 is 11.1 Å². The Morgan fingerprint density at radius 2 is 2.29 bits per heavy atom. The number of rotatable bonds is 3. The van der Waals surface area contributed by atoms with Gasteiger partial charge in [-0.05, 0) is 31.0 Å². The SMILES string of the molecule is Cc1nc2cc(CCNC(N)=O)ccc2n1C. The molecule has 1 heterocycles. The van der Waals surface area contributed by atoms with Gasteiger partial charge in [0.05, 0.1) is 11.0 Å². The van der Waals surface area contributed by atoms with Crippen molar-refractivity contribution in [2.24, 2.45) is 12.8 Å². The zero-order chi connectivity index (χ0) is 12.4. The molecular formula is C12H16N4O. The van der Waals surface area contributed by atoms with E-state index in [1.807, 2.05) is 26.1 Å². The largest absolute Gasteiger partial charge is 0.352 e. The fourth-order valence-corrected chi connectivity index (χ4v) is 1.85. The number of primary amides is 1. The van der Waals surface area contributed by atoms with E-state index >= 15 is 0 Å². The molecule has 0 radical (unpaired) electrons. The first-order chi connectivity index (χ1) is 8.08. The van der Waals surface area contributed by atoms with Gasteiger partial charge in [-0.25, -0.2) is 9.78 Å². The molecule has 90 valence electrons. The molecule has 5 nitrogen and oxygen atoms in total. The maximum Gasteiger partial charge on any atom is 0.312 e. The van der Waals surface area contributed by atoms with E-state index in [2.05, 4.69) is 20.9 Å². The molecule has 0 atom stereocenters. The van der Waals surface area contributed by atoms with Crippen LogP contribution >= 0.6 is 0 Å². The average molecular weight is 232 g/mol. The lowest BCUT2D eigenvalue weighted by molar-refractivity contribution is 0.249. The summed E-state index contributed by atoms with van der Waals surface area (Å²) in [5.74, 6) is 0.993. The Morgan fingerprint density at radius 1 is 1.53 bits per heavy atom. The number of carbonyl (C=O) groups excluding carboxylic acids is 1. The molecule has 0 bridgehead atoms. The Hall–Kier alpha value is -2.04. The van der Waals surface area contributed by atoms with Crippen LogP contribution in [0.2, 0.25) is 0 Å². The number of carbonyl (C=O) groups is 1. The van der Waals surface area contributed by atoms with Crippen LogP contribution in [0.1, 0.15) is 11.4 Å². The number of aryl methyl sites for hydroxylation is 2. The van der Waals surface area contributed by atoms with E-state index < -0.39 is 6.03 Å². The van der Waals surface area contributed by atoms with Crippen molar-refractivity contribution in [3.8, 4) is 0 Å². The number of aromatic nitrogens is 2. The second kappa shape index (κ2) is 4.45. The first kappa shape index (κ1) is 11.4. The summed E-state index contributed by atoms with van der Waals surface area (Å²) in [6.07, 6.45) is 0.758. The van der Waals surface area contributed by atoms with Crippen molar-refractivity contribution in [3.63, 3.8) is 0 Å². The van der Waals surface area contributed by atoms with Gasteiger partial charge in [-0.1, -0.05) is 6.07 Å². The van der Waals surface area contributed by atoms with E-state index in [0.29, 0.717) is 6.54 Å². The highest BCUT2D eigenvalue weighted by molar-refractivity contribution is 5.76. The molecule has 17 heavy (non-hydrogen) atoms. The lowest BCUT2D eigenvalue weighted by Crippen LogP contribution is -2.30. The van der Waals surface area contributed by atoms with Gasteiger partial charge in [-0.3, -0.25) is 0 Å². The topological polar surface area (TPSA) is 72.9 Å². The molecule has 0 saturated carbocycles. The fourth-order valence-electron chi connectivity index (χ4n) is 1.85. The van der Waals surface area contributed by atoms with E-state index in [1.54, 1.807) is 0 Å². The van der Waals surface area contributed by atoms with Gasteiger partial charge in [0, 0.05) is 13.6 Å². The third-order valence-corrected chi connectivity index (χ3v) is 2.88. The number of nitrogens with one attached hydrogen (secondary N) is 1. The molecule has 0 spiro atoms. The first-order valence-corrected chi connectivity index (χ1v) is 5.53. The van der Waals surface area contributed by atoms with Crippen LogP contribution in [0.5, 0.6) is 0 Å². The minimum atomic E-state index is -0.486. The van der Waals surface area contributed by atoms with Gasteiger partial charge in [0.15, 0.2) is 0 Å². The molecule has 0 saturated heterocycles. The summed E-state index contributed by atoms with van der Waals surface area (Å²) in [6.45, 7) is 2.53. The lowest BCUT2D eigenvalue weighted by atomic mass is 10.1. The molecule has 0 aliphatic rings. The summed E-state index contributed by atoms with van der Waals surface area (Å²) in [5.41, 5.74) is 8.25. The van der Waals surface area contributed by atoms with Crippen molar-refractivity contribution >= 4 is 17.1 Å². The molecule has 2 amide bonds. The summed E-state index contributed by atoms with van der Waals surface area (Å²) in [6, 6.07) is 5.66. The number of hydrogen-bond acceptors (Lipinski definition) is 2. The summed E-state index contributed by atoms with van der Waals surface area (Å²) in [4.78, 5) is 15.0. The van der Waals surface area contributed by atoms with E-state index in [9.17, 15) is 4.79 Å². The van der Waals surface area contributed by atoms with Crippen molar-refractivity contribution in [1.82, 2.24) is 14.9 Å². The monoisotopic (exact) mass is 232 g/mol. The molecule has 5 heteroatoms. The summed E-state index contributed by atoms with van der Waals surface area (Å²) in [5, 5.41) is 2.57. The van der Waals surface area contributed by atoms with Crippen molar-refractivity contribution in [3.05, 3.63) is 29.6 Å². The third-order valence-electron chi connectivity index (χ3n) is 2.88. The van der Waals surface area contributed by atoms with Crippen molar-refractivity contribution < 1.29 is 4.79 Å². The Balaban J connectivity index is 2.17. The predicted octanol–water partition coefficient (Wildman–Crippen LogP) is 1.09. The minimum Gasteiger partial charge on any atom is -0.352 e. The Morgan fingerprint density at radius 3 is 3.00 bits per heavy atom. The molecular weight excluding hydrogens is 216 g/mol. The fraction of sp³-hybridized carbons (Fsp3) is 0.333. The summed E-state index contributed by atoms with van der Waals surface area (Å²) in [7, 11) is 2.00. The molecule has 0 aliphatic heterocycles. The molecule has 1 aromatic carbocycles. The van der Waals surface area contributed by atoms with Crippen LogP contribution in [-0.2, 0) is 13.5 Å². The average Bonchev–Trinajstić information content (AvgIpc) is 2.54. The molecule has 1 aromatic heterocycles. The maximum atomic E-state index is 10.5. The Bertz CT molecular complexity index is 559. The van der Waals surface area contributed by atoms with Gasteiger partial charge >= 0.3 is 6.03 Å². The zero-order valence-corrected chi connectivity index (χ0v) is 10.0. The highest BCUT2D eigenvalue weighted by atomic mass is 16.2. The van der Waals surface area contributed by atoms with Gasteiger partial charge in [0.2, 0.25) is 0 Å². The van der Waals surface area contributed by atoms with Crippen LogP contribution in [0.25, 0.3) is 11.0 Å². The Kier molecular flexibility index (Phi) is 2.99. The molecule has 0 aliphatic carbocycles. The molecule has 0 fully saturated rings. The highest BCUT2D eigenvalue weighted by Crippen LogP contribution is 2.16. The number of amides is 2. The van der Waals surface area contributed by atoms with Crippen molar-refractivity contribution in [1.29, 1.82) is 0 Å². The minimum absolute atomic E-state index is 0.486. The number of nitrogens with zero attached hydrogens (tertiary/aromatic N) is 2. The second-order valence-electron chi connectivity index (χ2n) is 4.08. The zero-order valence-electron chi connectivity index (χ0n) is 10.0. The summed E-state index contributed by atoms with van der Waals surface area (Å²) < 4.78 is 2.06. The number of benzene rings is 1. The normalized spacial score (nSPS) is 10.7. The number of urea groups is 1. The number of nitrogens with two attached hydrogens (primary N) is 1. The smallest absolute Gasteiger partial charge is 0.312 e. The number of hydrogen-bond donors (Lipinski definition) is 2. The van der Waals surface area contributed by atoms with Crippen molar-refractivity contribution in [2.45, 2.75) is 13.3 Å². The maximum absolute atomic E-state index is 10.5. The number of imidazole rings is 1. The van der Waals surface area contributed by atoms with Crippen LogP contribution in [0.4, 0.5) is 4.79 Å². The van der Waals surface area contributed by atoms with Gasteiger partial charge in [0.1, 0.15) is 5.82 Å². The van der Waals surface area contributed by atoms with Gasteiger partial charge in [-0.15, -0.1) is 0 Å². The van der Waals surface area contributed by atoms with Gasteiger partial charge in [0.25, 0.3) is 0 Å².